The fourth-order valence-corrected chi connectivity index (χ4v) is 5.61. The number of aromatic nitrogens is 2. The highest BCUT2D eigenvalue weighted by molar-refractivity contribution is 6.31. The SMILES string of the molecule is CCC.Cc1ccc(C(=O)N(CCCNC(=O)OC(OC(=O)CN)C(C)C)C(c2nc3cc(Cl)ccc3c(=O)n2Cc2ccccc2)C(C)C)cc1. The van der Waals surface area contributed by atoms with Crippen LogP contribution in [0.5, 0.6) is 0 Å². The highest BCUT2D eigenvalue weighted by Crippen LogP contribution is 2.31. The van der Waals surface area contributed by atoms with Crippen molar-refractivity contribution in [3.05, 3.63) is 111 Å². The standard InChI is InChI=1S/C37H44ClN5O6.C3H8/c1-23(2)32(33-41-30-20-28(38)16-17-29(30)35(46)43(33)22-26-10-7-6-8-11-26)42(34(45)27-14-12-25(5)13-15-27)19-9-18-40-37(47)49-36(24(3)4)48-31(44)21-39;1-3-2/h6-8,10-17,20,23-24,32,36H,9,18-19,21-22,39H2,1-5H3,(H,40,47);3H2,1-2H3. The molecule has 0 aliphatic carbocycles. The normalized spacial score (nSPS) is 12.1. The van der Waals surface area contributed by atoms with Crippen molar-refractivity contribution >= 4 is 40.5 Å². The monoisotopic (exact) mass is 733 g/mol. The van der Waals surface area contributed by atoms with E-state index in [1.165, 1.54) is 6.42 Å². The number of nitrogens with one attached hydrogen (secondary N) is 1. The van der Waals surface area contributed by atoms with Gasteiger partial charge in [0.15, 0.2) is 0 Å². The average molecular weight is 734 g/mol. The fraction of sp³-hybridized carbons (Fsp3) is 0.425. The Balaban J connectivity index is 0.00000235. The molecule has 4 aromatic rings. The molecule has 0 saturated carbocycles. The van der Waals surface area contributed by atoms with Gasteiger partial charge in [0.1, 0.15) is 5.82 Å². The molecule has 0 bridgehead atoms. The summed E-state index contributed by atoms with van der Waals surface area (Å²) in [7, 11) is 0. The Morgan fingerprint density at radius 1 is 0.942 bits per heavy atom. The van der Waals surface area contributed by atoms with Crippen LogP contribution in [-0.4, -0.2) is 58.3 Å². The lowest BCUT2D eigenvalue weighted by atomic mass is 9.98. The molecule has 2 amide bonds. The number of rotatable bonds is 14. The highest BCUT2D eigenvalue weighted by atomic mass is 35.5. The lowest BCUT2D eigenvalue weighted by molar-refractivity contribution is -0.173. The minimum Gasteiger partial charge on any atom is -0.424 e. The zero-order chi connectivity index (χ0) is 38.4. The number of nitrogens with zero attached hydrogens (tertiary/aromatic N) is 3. The molecule has 0 aliphatic rings. The second kappa shape index (κ2) is 20.3. The van der Waals surface area contributed by atoms with Crippen LogP contribution in [0.25, 0.3) is 10.9 Å². The Kier molecular flexibility index (Phi) is 16.3. The average Bonchev–Trinajstić information content (AvgIpc) is 3.11. The maximum atomic E-state index is 14.3. The molecule has 0 spiro atoms. The predicted molar refractivity (Wildman–Crippen MR) is 205 cm³/mol. The van der Waals surface area contributed by atoms with Gasteiger partial charge in [-0.3, -0.25) is 19.0 Å². The Labute approximate surface area is 311 Å². The maximum Gasteiger partial charge on any atom is 0.410 e. The van der Waals surface area contributed by atoms with Crippen molar-refractivity contribution in [1.29, 1.82) is 0 Å². The number of nitrogens with two attached hydrogens (primary N) is 1. The number of fused-ring (bicyclic) bond motifs is 1. The highest BCUT2D eigenvalue weighted by Gasteiger charge is 2.33. The molecular formula is C40H52ClN5O6. The summed E-state index contributed by atoms with van der Waals surface area (Å²) in [5.74, 6) is -0.989. The molecule has 0 fully saturated rings. The van der Waals surface area contributed by atoms with Crippen LogP contribution in [0.1, 0.15) is 87.7 Å². The first-order chi connectivity index (χ1) is 24.8. The molecule has 4 rings (SSSR count). The Morgan fingerprint density at radius 2 is 1.60 bits per heavy atom. The zero-order valence-electron chi connectivity index (χ0n) is 31.2. The zero-order valence-corrected chi connectivity index (χ0v) is 32.0. The van der Waals surface area contributed by atoms with Gasteiger partial charge in [0, 0.05) is 29.6 Å². The number of ether oxygens (including phenoxy) is 2. The molecule has 11 nitrogen and oxygen atoms in total. The number of esters is 1. The molecule has 2 unspecified atom stereocenters. The van der Waals surface area contributed by atoms with Crippen molar-refractivity contribution in [2.75, 3.05) is 19.6 Å². The van der Waals surface area contributed by atoms with E-state index in [0.717, 1.165) is 11.1 Å². The van der Waals surface area contributed by atoms with Gasteiger partial charge in [0.25, 0.3) is 17.8 Å². The van der Waals surface area contributed by atoms with Crippen molar-refractivity contribution in [1.82, 2.24) is 19.8 Å². The third-order valence-electron chi connectivity index (χ3n) is 7.95. The van der Waals surface area contributed by atoms with Gasteiger partial charge in [0.05, 0.1) is 30.0 Å². The number of halogens is 1. The van der Waals surface area contributed by atoms with Crippen molar-refractivity contribution < 1.29 is 23.9 Å². The van der Waals surface area contributed by atoms with Crippen LogP contribution in [0.3, 0.4) is 0 Å². The molecule has 280 valence electrons. The Hall–Kier alpha value is -4.74. The Bertz CT molecular complexity index is 1830. The van der Waals surface area contributed by atoms with E-state index in [4.69, 9.17) is 31.8 Å². The summed E-state index contributed by atoms with van der Waals surface area (Å²) in [6, 6.07) is 21.2. The van der Waals surface area contributed by atoms with E-state index >= 15 is 0 Å². The van der Waals surface area contributed by atoms with Gasteiger partial charge in [-0.15, -0.1) is 0 Å². The summed E-state index contributed by atoms with van der Waals surface area (Å²) >= 11 is 6.34. The van der Waals surface area contributed by atoms with Crippen molar-refractivity contribution in [3.63, 3.8) is 0 Å². The fourth-order valence-electron chi connectivity index (χ4n) is 5.44. The van der Waals surface area contributed by atoms with Gasteiger partial charge in [-0.05, 0) is 55.2 Å². The summed E-state index contributed by atoms with van der Waals surface area (Å²) in [4.78, 5) is 59.5. The number of amides is 2. The molecule has 0 radical (unpaired) electrons. The molecule has 0 saturated heterocycles. The minimum absolute atomic E-state index is 0.147. The summed E-state index contributed by atoms with van der Waals surface area (Å²) in [5.41, 5.74) is 7.92. The number of aryl methyl sites for hydroxylation is 1. The number of alkyl carbamates (subject to hydrolysis) is 1. The molecule has 2 atom stereocenters. The lowest BCUT2D eigenvalue weighted by Crippen LogP contribution is -2.43. The third-order valence-corrected chi connectivity index (χ3v) is 8.18. The van der Waals surface area contributed by atoms with Crippen LogP contribution in [0.2, 0.25) is 5.02 Å². The van der Waals surface area contributed by atoms with E-state index < -0.39 is 24.4 Å². The number of carbonyl (C=O) groups excluding carboxylic acids is 3. The molecule has 1 aromatic heterocycles. The van der Waals surface area contributed by atoms with E-state index in [0.29, 0.717) is 33.7 Å². The second-order valence-electron chi connectivity index (χ2n) is 13.3. The van der Waals surface area contributed by atoms with Crippen LogP contribution in [-0.2, 0) is 20.8 Å². The number of hydrogen-bond acceptors (Lipinski definition) is 8. The first-order valence-electron chi connectivity index (χ1n) is 17.8. The van der Waals surface area contributed by atoms with E-state index in [1.54, 1.807) is 53.6 Å². The maximum absolute atomic E-state index is 14.3. The van der Waals surface area contributed by atoms with Crippen LogP contribution in [0, 0.1) is 18.8 Å². The van der Waals surface area contributed by atoms with Crippen LogP contribution in [0.15, 0.2) is 77.6 Å². The molecule has 3 aromatic carbocycles. The van der Waals surface area contributed by atoms with Gasteiger partial charge in [-0.2, -0.15) is 0 Å². The van der Waals surface area contributed by atoms with E-state index in [9.17, 15) is 19.2 Å². The Morgan fingerprint density at radius 3 is 2.19 bits per heavy atom. The molecule has 12 heteroatoms. The van der Waals surface area contributed by atoms with Gasteiger partial charge in [0.2, 0.25) is 0 Å². The molecule has 0 aliphatic heterocycles. The number of hydrogen-bond donors (Lipinski definition) is 2. The molecular weight excluding hydrogens is 682 g/mol. The summed E-state index contributed by atoms with van der Waals surface area (Å²) in [6.07, 6.45) is -0.285. The van der Waals surface area contributed by atoms with Gasteiger partial charge in [-0.1, -0.05) is 108 Å². The molecule has 3 N–H and O–H groups in total. The van der Waals surface area contributed by atoms with Crippen molar-refractivity contribution in [2.45, 2.75) is 80.2 Å². The first-order valence-corrected chi connectivity index (χ1v) is 18.1. The van der Waals surface area contributed by atoms with E-state index in [2.05, 4.69) is 19.2 Å². The third kappa shape index (κ3) is 11.6. The van der Waals surface area contributed by atoms with Gasteiger partial charge in [-0.25, -0.2) is 9.78 Å². The summed E-state index contributed by atoms with van der Waals surface area (Å²) < 4.78 is 12.1. The summed E-state index contributed by atoms with van der Waals surface area (Å²) in [6.45, 7) is 13.9. The molecule has 52 heavy (non-hydrogen) atoms. The van der Waals surface area contributed by atoms with Crippen molar-refractivity contribution in [3.8, 4) is 0 Å². The predicted octanol–water partition coefficient (Wildman–Crippen LogP) is 7.26. The molecule has 1 heterocycles. The van der Waals surface area contributed by atoms with Gasteiger partial charge >= 0.3 is 12.1 Å². The van der Waals surface area contributed by atoms with Crippen LogP contribution in [0.4, 0.5) is 4.79 Å². The number of benzene rings is 3. The minimum atomic E-state index is -1.10. The first kappa shape index (κ1) is 41.7. The second-order valence-corrected chi connectivity index (χ2v) is 13.7. The van der Waals surface area contributed by atoms with E-state index in [-0.39, 0.29) is 49.5 Å². The largest absolute Gasteiger partial charge is 0.424 e. The topological polar surface area (TPSA) is 146 Å². The van der Waals surface area contributed by atoms with Gasteiger partial charge < -0.3 is 25.4 Å². The van der Waals surface area contributed by atoms with E-state index in [1.807, 2.05) is 63.2 Å². The van der Waals surface area contributed by atoms with Crippen LogP contribution >= 0.6 is 11.6 Å². The lowest BCUT2D eigenvalue weighted by Gasteiger charge is -2.35. The quantitative estimate of drug-likeness (QED) is 0.0783. The van der Waals surface area contributed by atoms with Crippen molar-refractivity contribution in [2.24, 2.45) is 17.6 Å². The number of carbonyl (C=O) groups is 3. The smallest absolute Gasteiger partial charge is 0.410 e. The summed E-state index contributed by atoms with van der Waals surface area (Å²) in [5, 5.41) is 3.54. The van der Waals surface area contributed by atoms with Crippen LogP contribution < -0.4 is 16.6 Å².